The fraction of sp³-hybridized carbons (Fsp3) is 0.667. The van der Waals surface area contributed by atoms with Crippen molar-refractivity contribution in [3.63, 3.8) is 0 Å². The molecular weight excluding hydrogens is 282 g/mol. The lowest BCUT2D eigenvalue weighted by Gasteiger charge is -2.29. The Morgan fingerprint density at radius 1 is 1.59 bits per heavy atom. The van der Waals surface area contributed by atoms with Gasteiger partial charge in [-0.2, -0.15) is 0 Å². The molecular formula is C15H25N5O2. The first-order valence-corrected chi connectivity index (χ1v) is 7.84. The number of nitrogens with zero attached hydrogens (tertiary/aromatic N) is 2. The fourth-order valence-corrected chi connectivity index (χ4v) is 2.90. The van der Waals surface area contributed by atoms with E-state index in [2.05, 4.69) is 27.2 Å². The summed E-state index contributed by atoms with van der Waals surface area (Å²) < 4.78 is 0. The summed E-state index contributed by atoms with van der Waals surface area (Å²) >= 11 is 0. The third-order valence-electron chi connectivity index (χ3n) is 4.00. The molecule has 1 fully saturated rings. The maximum absolute atomic E-state index is 11.8. The molecule has 0 bridgehead atoms. The molecule has 1 unspecified atom stereocenters. The number of aromatic amines is 1. The van der Waals surface area contributed by atoms with Gasteiger partial charge in [-0.15, -0.1) is 0 Å². The molecule has 0 spiro atoms. The van der Waals surface area contributed by atoms with Crippen molar-refractivity contribution in [3.8, 4) is 0 Å². The van der Waals surface area contributed by atoms with Crippen LogP contribution in [0.4, 0.5) is 5.82 Å². The average molecular weight is 307 g/mol. The summed E-state index contributed by atoms with van der Waals surface area (Å²) in [7, 11) is 2.13. The fourth-order valence-electron chi connectivity index (χ4n) is 2.90. The molecule has 1 atom stereocenters. The molecule has 0 aliphatic carbocycles. The molecule has 7 nitrogen and oxygen atoms in total. The molecule has 1 aliphatic rings. The zero-order valence-electron chi connectivity index (χ0n) is 13.1. The van der Waals surface area contributed by atoms with Crippen LogP contribution in [0.1, 0.15) is 31.5 Å². The SMILES string of the molecule is CN1CCCC(CCC(=O)NCCc2nc(N)cc(=O)[nH]2)C1. The number of hydrogen-bond donors (Lipinski definition) is 3. The van der Waals surface area contributed by atoms with Gasteiger partial charge in [-0.3, -0.25) is 9.59 Å². The Morgan fingerprint density at radius 2 is 2.41 bits per heavy atom. The number of piperidine rings is 1. The Labute approximate surface area is 130 Å². The molecule has 0 aromatic carbocycles. The van der Waals surface area contributed by atoms with Crippen molar-refractivity contribution >= 4 is 11.7 Å². The summed E-state index contributed by atoms with van der Waals surface area (Å²) in [6, 6.07) is 1.24. The lowest BCUT2D eigenvalue weighted by molar-refractivity contribution is -0.121. The summed E-state index contributed by atoms with van der Waals surface area (Å²) in [6.45, 7) is 2.70. The van der Waals surface area contributed by atoms with Crippen molar-refractivity contribution in [2.24, 2.45) is 5.92 Å². The number of aromatic nitrogens is 2. The number of likely N-dealkylation sites (tertiary alicyclic amines) is 1. The van der Waals surface area contributed by atoms with Gasteiger partial charge in [0.1, 0.15) is 11.6 Å². The van der Waals surface area contributed by atoms with E-state index >= 15 is 0 Å². The number of H-pyrrole nitrogens is 1. The quantitative estimate of drug-likeness (QED) is 0.693. The first-order valence-electron chi connectivity index (χ1n) is 7.84. The highest BCUT2D eigenvalue weighted by atomic mass is 16.1. The van der Waals surface area contributed by atoms with Gasteiger partial charge in [0, 0.05) is 32.0 Å². The molecule has 1 aliphatic heterocycles. The van der Waals surface area contributed by atoms with E-state index in [-0.39, 0.29) is 17.3 Å². The minimum atomic E-state index is -0.268. The van der Waals surface area contributed by atoms with E-state index < -0.39 is 0 Å². The first kappa shape index (κ1) is 16.5. The highest BCUT2D eigenvalue weighted by Crippen LogP contribution is 2.19. The van der Waals surface area contributed by atoms with Gasteiger partial charge in [-0.25, -0.2) is 4.98 Å². The number of nitrogens with one attached hydrogen (secondary N) is 2. The van der Waals surface area contributed by atoms with Gasteiger partial charge in [-0.05, 0) is 38.8 Å². The van der Waals surface area contributed by atoms with Crippen LogP contribution in [0.15, 0.2) is 10.9 Å². The van der Waals surface area contributed by atoms with Gasteiger partial charge in [-0.1, -0.05) is 0 Å². The highest BCUT2D eigenvalue weighted by Gasteiger charge is 2.17. The van der Waals surface area contributed by atoms with Crippen LogP contribution in [0.5, 0.6) is 0 Å². The van der Waals surface area contributed by atoms with Crippen LogP contribution in [-0.2, 0) is 11.2 Å². The molecule has 7 heteroatoms. The summed E-state index contributed by atoms with van der Waals surface area (Å²) in [5.41, 5.74) is 5.24. The minimum absolute atomic E-state index is 0.0551. The highest BCUT2D eigenvalue weighted by molar-refractivity contribution is 5.75. The number of amides is 1. The smallest absolute Gasteiger partial charge is 0.252 e. The number of carbonyl (C=O) groups excluding carboxylic acids is 1. The van der Waals surface area contributed by atoms with Crippen LogP contribution in [0.3, 0.4) is 0 Å². The van der Waals surface area contributed by atoms with Crippen molar-refractivity contribution in [3.05, 3.63) is 22.2 Å². The topological polar surface area (TPSA) is 104 Å². The number of anilines is 1. The molecule has 1 saturated heterocycles. The molecule has 122 valence electrons. The van der Waals surface area contributed by atoms with Crippen molar-refractivity contribution in [2.45, 2.75) is 32.1 Å². The Bertz CT molecular complexity index is 557. The van der Waals surface area contributed by atoms with Gasteiger partial charge >= 0.3 is 0 Å². The van der Waals surface area contributed by atoms with Crippen molar-refractivity contribution in [2.75, 3.05) is 32.4 Å². The lowest BCUT2D eigenvalue weighted by atomic mass is 9.93. The number of nitrogen functional groups attached to an aromatic ring is 1. The van der Waals surface area contributed by atoms with E-state index in [1.54, 1.807) is 0 Å². The van der Waals surface area contributed by atoms with Crippen LogP contribution in [0, 0.1) is 5.92 Å². The minimum Gasteiger partial charge on any atom is -0.383 e. The second-order valence-electron chi connectivity index (χ2n) is 6.03. The summed E-state index contributed by atoms with van der Waals surface area (Å²) in [4.78, 5) is 32.1. The van der Waals surface area contributed by atoms with Crippen molar-refractivity contribution in [1.29, 1.82) is 0 Å². The number of carbonyl (C=O) groups is 1. The average Bonchev–Trinajstić information content (AvgIpc) is 2.44. The third kappa shape index (κ3) is 5.48. The molecule has 22 heavy (non-hydrogen) atoms. The summed E-state index contributed by atoms with van der Waals surface area (Å²) in [5.74, 6) is 1.38. The summed E-state index contributed by atoms with van der Waals surface area (Å²) in [5, 5.41) is 2.87. The van der Waals surface area contributed by atoms with E-state index in [0.717, 1.165) is 19.5 Å². The largest absolute Gasteiger partial charge is 0.383 e. The second kappa shape index (κ2) is 7.93. The molecule has 2 heterocycles. The van der Waals surface area contributed by atoms with Gasteiger partial charge < -0.3 is 20.9 Å². The van der Waals surface area contributed by atoms with Gasteiger partial charge in [0.2, 0.25) is 5.91 Å². The Hall–Kier alpha value is -1.89. The van der Waals surface area contributed by atoms with Gasteiger partial charge in [0.05, 0.1) is 0 Å². The lowest BCUT2D eigenvalue weighted by Crippen LogP contribution is -2.33. The predicted molar refractivity (Wildman–Crippen MR) is 85.4 cm³/mol. The van der Waals surface area contributed by atoms with Gasteiger partial charge in [0.25, 0.3) is 5.56 Å². The van der Waals surface area contributed by atoms with E-state index in [9.17, 15) is 9.59 Å². The van der Waals surface area contributed by atoms with Crippen LogP contribution in [0.2, 0.25) is 0 Å². The maximum atomic E-state index is 11.8. The van der Waals surface area contributed by atoms with E-state index in [1.165, 1.54) is 18.9 Å². The molecule has 1 aromatic rings. The standard InChI is InChI=1S/C15H25N5O2/c1-20-8-2-3-11(10-20)4-5-14(21)17-7-6-13-18-12(16)9-15(22)19-13/h9,11H,2-8,10H2,1H3,(H,17,21)(H3,16,18,19,22). The number of rotatable bonds is 6. The van der Waals surface area contributed by atoms with Gasteiger partial charge in [0.15, 0.2) is 0 Å². The van der Waals surface area contributed by atoms with Crippen LogP contribution < -0.4 is 16.6 Å². The molecule has 1 amide bonds. The monoisotopic (exact) mass is 307 g/mol. The zero-order chi connectivity index (χ0) is 15.9. The Morgan fingerprint density at radius 3 is 3.14 bits per heavy atom. The van der Waals surface area contributed by atoms with Crippen molar-refractivity contribution < 1.29 is 4.79 Å². The van der Waals surface area contributed by atoms with E-state index in [4.69, 9.17) is 5.73 Å². The van der Waals surface area contributed by atoms with E-state index in [0.29, 0.717) is 31.1 Å². The molecule has 1 aromatic heterocycles. The van der Waals surface area contributed by atoms with Crippen LogP contribution in [-0.4, -0.2) is 47.5 Å². The molecule has 2 rings (SSSR count). The van der Waals surface area contributed by atoms with Crippen LogP contribution in [0.25, 0.3) is 0 Å². The third-order valence-corrected chi connectivity index (χ3v) is 4.00. The Kier molecular flexibility index (Phi) is 5.94. The Balaban J connectivity index is 1.66. The number of hydrogen-bond acceptors (Lipinski definition) is 5. The van der Waals surface area contributed by atoms with E-state index in [1.807, 2.05) is 0 Å². The first-order chi connectivity index (χ1) is 10.5. The number of nitrogens with two attached hydrogens (primary N) is 1. The predicted octanol–water partition coefficient (Wildman–Crippen LogP) is 0.133. The molecule has 0 radical (unpaired) electrons. The molecule has 0 saturated carbocycles. The maximum Gasteiger partial charge on any atom is 0.252 e. The second-order valence-corrected chi connectivity index (χ2v) is 6.03. The van der Waals surface area contributed by atoms with Crippen LogP contribution >= 0.6 is 0 Å². The van der Waals surface area contributed by atoms with Crippen molar-refractivity contribution in [1.82, 2.24) is 20.2 Å². The summed E-state index contributed by atoms with van der Waals surface area (Å²) in [6.07, 6.45) is 4.39. The normalized spacial score (nSPS) is 19.0. The molecule has 4 N–H and O–H groups in total. The zero-order valence-corrected chi connectivity index (χ0v) is 13.1.